The minimum Gasteiger partial charge on any atom is -0.497 e. The number of benzene rings is 1. The number of nitrogens with zero attached hydrogens (tertiary/aromatic N) is 5. The van der Waals surface area contributed by atoms with E-state index in [-0.39, 0.29) is 6.10 Å². The van der Waals surface area contributed by atoms with Gasteiger partial charge in [-0.3, -0.25) is 0 Å². The van der Waals surface area contributed by atoms with Crippen molar-refractivity contribution in [2.75, 3.05) is 7.11 Å². The maximum absolute atomic E-state index is 6.08. The van der Waals surface area contributed by atoms with Gasteiger partial charge in [-0.25, -0.2) is 4.68 Å². The number of hydrogen-bond donors (Lipinski definition) is 0. The highest BCUT2D eigenvalue weighted by atomic mass is 16.5. The first kappa shape index (κ1) is 18.3. The number of fused-ring (bicyclic) bond motifs is 1. The van der Waals surface area contributed by atoms with E-state index in [1.165, 1.54) is 25.7 Å². The van der Waals surface area contributed by atoms with E-state index in [0.717, 1.165) is 35.8 Å². The second-order valence-corrected chi connectivity index (χ2v) is 7.84. The Morgan fingerprint density at radius 1 is 1.17 bits per heavy atom. The molecule has 1 aliphatic heterocycles. The van der Waals surface area contributed by atoms with Gasteiger partial charge in [0.15, 0.2) is 5.69 Å². The average Bonchev–Trinajstić information content (AvgIpc) is 3.52. The third kappa shape index (κ3) is 3.76. The van der Waals surface area contributed by atoms with Crippen LogP contribution in [-0.4, -0.2) is 32.2 Å². The summed E-state index contributed by atoms with van der Waals surface area (Å²) >= 11 is 0. The first-order chi connectivity index (χ1) is 14.3. The number of aromatic nitrogens is 5. The lowest BCUT2D eigenvalue weighted by molar-refractivity contribution is -0.00114. The van der Waals surface area contributed by atoms with Gasteiger partial charge in [0, 0.05) is 6.42 Å². The van der Waals surface area contributed by atoms with E-state index in [4.69, 9.17) is 14.0 Å². The van der Waals surface area contributed by atoms with Crippen LogP contribution in [0.15, 0.2) is 28.8 Å². The summed E-state index contributed by atoms with van der Waals surface area (Å²) in [4.78, 5) is 4.56. The van der Waals surface area contributed by atoms with Gasteiger partial charge in [-0.1, -0.05) is 48.2 Å². The summed E-state index contributed by atoms with van der Waals surface area (Å²) in [6.45, 7) is 1.01. The largest absolute Gasteiger partial charge is 0.497 e. The van der Waals surface area contributed by atoms with Crippen LogP contribution in [0.1, 0.15) is 55.4 Å². The Morgan fingerprint density at radius 2 is 2.00 bits per heavy atom. The van der Waals surface area contributed by atoms with Gasteiger partial charge in [0.25, 0.3) is 0 Å². The van der Waals surface area contributed by atoms with Crippen molar-refractivity contribution in [1.29, 1.82) is 0 Å². The van der Waals surface area contributed by atoms with Crippen LogP contribution in [0.5, 0.6) is 5.75 Å². The van der Waals surface area contributed by atoms with Gasteiger partial charge < -0.3 is 14.0 Å². The quantitative estimate of drug-likeness (QED) is 0.628. The fourth-order valence-electron chi connectivity index (χ4n) is 4.28. The Kier molecular flexibility index (Phi) is 5.01. The summed E-state index contributed by atoms with van der Waals surface area (Å²) in [6, 6.07) is 7.91. The summed E-state index contributed by atoms with van der Waals surface area (Å²) in [5.74, 6) is 2.81. The number of methoxy groups -OCH3 is 1. The molecule has 2 aliphatic rings. The Balaban J connectivity index is 1.27. The topological polar surface area (TPSA) is 88.1 Å². The van der Waals surface area contributed by atoms with Gasteiger partial charge in [0.05, 0.1) is 26.0 Å². The van der Waals surface area contributed by atoms with Crippen molar-refractivity contribution in [2.24, 2.45) is 5.92 Å². The highest BCUT2D eigenvalue weighted by Crippen LogP contribution is 2.31. The fraction of sp³-hybridized carbons (Fsp3) is 0.524. The molecule has 5 rings (SSSR count). The highest BCUT2D eigenvalue weighted by Gasteiger charge is 2.27. The van der Waals surface area contributed by atoms with Crippen molar-refractivity contribution < 1.29 is 14.0 Å². The molecule has 0 radical (unpaired) electrons. The van der Waals surface area contributed by atoms with Crippen LogP contribution >= 0.6 is 0 Å². The summed E-state index contributed by atoms with van der Waals surface area (Å²) < 4.78 is 18.6. The third-order valence-electron chi connectivity index (χ3n) is 6.01. The lowest BCUT2D eigenvalue weighted by atomic mass is 10.0. The molecule has 0 spiro atoms. The summed E-state index contributed by atoms with van der Waals surface area (Å²) in [5, 5.41) is 12.7. The Morgan fingerprint density at radius 3 is 2.79 bits per heavy atom. The van der Waals surface area contributed by atoms with Crippen molar-refractivity contribution in [3.63, 3.8) is 0 Å². The monoisotopic (exact) mass is 395 g/mol. The molecule has 0 unspecified atom stereocenters. The highest BCUT2D eigenvalue weighted by molar-refractivity contribution is 5.51. The van der Waals surface area contributed by atoms with Crippen molar-refractivity contribution >= 4 is 0 Å². The molecule has 1 atom stereocenters. The van der Waals surface area contributed by atoms with Crippen LogP contribution in [0.3, 0.4) is 0 Å². The number of ether oxygens (including phenoxy) is 2. The molecule has 8 nitrogen and oxygen atoms in total. The molecule has 0 saturated heterocycles. The van der Waals surface area contributed by atoms with Crippen LogP contribution in [0.2, 0.25) is 0 Å². The van der Waals surface area contributed by atoms with Crippen LogP contribution in [0.4, 0.5) is 0 Å². The van der Waals surface area contributed by atoms with Crippen LogP contribution in [-0.2, 0) is 24.3 Å². The molecule has 1 saturated carbocycles. The minimum atomic E-state index is -0.0739. The van der Waals surface area contributed by atoms with E-state index < -0.39 is 0 Å². The maximum atomic E-state index is 6.08. The van der Waals surface area contributed by atoms with Crippen LogP contribution in [0, 0.1) is 5.92 Å². The molecule has 3 aromatic rings. The SMILES string of the molecule is COc1ccc([C@H]2Cn3nnc(-c4noc(CCC5CCCC5)n4)c3CO2)cc1. The molecular formula is C21H25N5O3. The smallest absolute Gasteiger partial charge is 0.227 e. The molecule has 0 amide bonds. The molecule has 1 fully saturated rings. The average molecular weight is 395 g/mol. The van der Waals surface area contributed by atoms with Gasteiger partial charge in [-0.05, 0) is 30.0 Å². The van der Waals surface area contributed by atoms with Gasteiger partial charge in [0.1, 0.15) is 11.9 Å². The van der Waals surface area contributed by atoms with E-state index in [9.17, 15) is 0 Å². The van der Waals surface area contributed by atoms with Crippen molar-refractivity contribution in [2.45, 2.75) is 57.8 Å². The molecule has 8 heteroatoms. The molecule has 1 aliphatic carbocycles. The van der Waals surface area contributed by atoms with E-state index in [1.807, 2.05) is 28.9 Å². The summed E-state index contributed by atoms with van der Waals surface area (Å²) in [5.41, 5.74) is 2.62. The second kappa shape index (κ2) is 7.94. The van der Waals surface area contributed by atoms with E-state index in [2.05, 4.69) is 20.5 Å². The minimum absolute atomic E-state index is 0.0739. The summed E-state index contributed by atoms with van der Waals surface area (Å²) in [6.07, 6.45) is 7.23. The molecule has 3 heterocycles. The molecule has 1 aromatic carbocycles. The van der Waals surface area contributed by atoms with E-state index in [0.29, 0.717) is 30.6 Å². The number of rotatable bonds is 6. The molecule has 152 valence electrons. The molecule has 0 bridgehead atoms. The normalized spacial score (nSPS) is 19.4. The van der Waals surface area contributed by atoms with Gasteiger partial charge >= 0.3 is 0 Å². The predicted molar refractivity (Wildman–Crippen MR) is 104 cm³/mol. The van der Waals surface area contributed by atoms with Crippen molar-refractivity contribution in [3.05, 3.63) is 41.4 Å². The van der Waals surface area contributed by atoms with Crippen LogP contribution < -0.4 is 4.74 Å². The fourth-order valence-corrected chi connectivity index (χ4v) is 4.28. The Labute approximate surface area is 169 Å². The molecule has 2 aromatic heterocycles. The van der Waals surface area contributed by atoms with Crippen molar-refractivity contribution in [1.82, 2.24) is 25.1 Å². The first-order valence-electron chi connectivity index (χ1n) is 10.3. The van der Waals surface area contributed by atoms with E-state index in [1.54, 1.807) is 7.11 Å². The second-order valence-electron chi connectivity index (χ2n) is 7.84. The third-order valence-corrected chi connectivity index (χ3v) is 6.01. The lowest BCUT2D eigenvalue weighted by Crippen LogP contribution is -2.22. The predicted octanol–water partition coefficient (Wildman–Crippen LogP) is 3.73. The standard InChI is InChI=1S/C21H25N5O3/c1-27-16-9-7-15(8-10-16)18-12-26-17(13-28-18)20(23-25-26)21-22-19(29-24-21)11-6-14-4-2-3-5-14/h7-10,14,18H,2-6,11-13H2,1H3/t18-/m1/s1. The molecule has 0 N–H and O–H groups in total. The zero-order valence-electron chi connectivity index (χ0n) is 16.6. The molecular weight excluding hydrogens is 370 g/mol. The van der Waals surface area contributed by atoms with Gasteiger partial charge in [-0.15, -0.1) is 5.10 Å². The Hall–Kier alpha value is -2.74. The first-order valence-corrected chi connectivity index (χ1v) is 10.3. The van der Waals surface area contributed by atoms with Gasteiger partial charge in [0.2, 0.25) is 11.7 Å². The Bertz CT molecular complexity index is 959. The zero-order chi connectivity index (χ0) is 19.6. The number of aryl methyl sites for hydroxylation is 1. The maximum Gasteiger partial charge on any atom is 0.227 e. The lowest BCUT2D eigenvalue weighted by Gasteiger charge is -2.24. The number of hydrogen-bond acceptors (Lipinski definition) is 7. The zero-order valence-corrected chi connectivity index (χ0v) is 16.6. The molecule has 29 heavy (non-hydrogen) atoms. The van der Waals surface area contributed by atoms with Gasteiger partial charge in [-0.2, -0.15) is 4.98 Å². The van der Waals surface area contributed by atoms with Crippen molar-refractivity contribution in [3.8, 4) is 17.3 Å². The summed E-state index contributed by atoms with van der Waals surface area (Å²) in [7, 11) is 1.66. The van der Waals surface area contributed by atoms with Crippen LogP contribution in [0.25, 0.3) is 11.5 Å². The van der Waals surface area contributed by atoms with E-state index >= 15 is 0 Å².